The molecule has 0 aliphatic carbocycles. The van der Waals surface area contributed by atoms with E-state index in [1.54, 1.807) is 0 Å². The summed E-state index contributed by atoms with van der Waals surface area (Å²) in [5.74, 6) is -0.682. The molecule has 10 heteroatoms. The van der Waals surface area contributed by atoms with Gasteiger partial charge in [0.15, 0.2) is 4.32 Å². The lowest BCUT2D eigenvalue weighted by atomic mass is 10.2. The van der Waals surface area contributed by atoms with Gasteiger partial charge in [-0.1, -0.05) is 35.6 Å². The van der Waals surface area contributed by atoms with E-state index in [-0.39, 0.29) is 26.6 Å². The molecule has 1 heterocycles. The van der Waals surface area contributed by atoms with Crippen LogP contribution < -0.4 is 0 Å². The lowest BCUT2D eigenvalue weighted by molar-refractivity contribution is -0.385. The van der Waals surface area contributed by atoms with Gasteiger partial charge in [-0.25, -0.2) is 0 Å². The van der Waals surface area contributed by atoms with Crippen LogP contribution in [0, 0.1) is 10.1 Å². The number of carbonyl (C=O) groups excluding carboxylic acids is 1. The van der Waals surface area contributed by atoms with Crippen molar-refractivity contribution in [2.75, 3.05) is 5.75 Å². The summed E-state index contributed by atoms with van der Waals surface area (Å²) in [6.07, 6.45) is 1.10. The Morgan fingerprint density at radius 2 is 2.30 bits per heavy atom. The number of phenols is 1. The van der Waals surface area contributed by atoms with Gasteiger partial charge in [0.05, 0.1) is 16.9 Å². The fourth-order valence-electron chi connectivity index (χ4n) is 1.42. The minimum atomic E-state index is -0.764. The SMILES string of the molecule is O=C1CSC(=S)N1N=Cc1cc(Cl)cc([N+](=O)[O-])c1O. The average molecular weight is 332 g/mol. The number of nitro groups is 1. The van der Waals surface area contributed by atoms with E-state index in [2.05, 4.69) is 5.10 Å². The number of carbonyl (C=O) groups is 1. The number of phenolic OH excluding ortho intramolecular Hbond substituents is 1. The topological polar surface area (TPSA) is 96.0 Å². The average Bonchev–Trinajstić information content (AvgIpc) is 2.69. The highest BCUT2D eigenvalue weighted by Crippen LogP contribution is 2.32. The molecule has 0 aromatic heterocycles. The molecule has 1 aromatic rings. The Morgan fingerprint density at radius 3 is 2.85 bits per heavy atom. The van der Waals surface area contributed by atoms with Gasteiger partial charge < -0.3 is 5.11 Å². The van der Waals surface area contributed by atoms with Crippen LogP contribution in [-0.2, 0) is 4.79 Å². The predicted octanol–water partition coefficient (Wildman–Crippen LogP) is 2.15. The number of nitro benzene ring substituents is 1. The molecular formula is C10H6ClN3O4S2. The number of nitrogens with zero attached hydrogens (tertiary/aromatic N) is 3. The summed E-state index contributed by atoms with van der Waals surface area (Å²) in [4.78, 5) is 21.4. The van der Waals surface area contributed by atoms with Crippen molar-refractivity contribution in [2.45, 2.75) is 0 Å². The summed E-state index contributed by atoms with van der Waals surface area (Å²) >= 11 is 11.8. The standard InChI is InChI=1S/C10H6ClN3O4S2/c11-6-1-5(9(16)7(2-6)14(17)18)3-12-13-8(15)4-20-10(13)19/h1-3,16H,4H2. The van der Waals surface area contributed by atoms with E-state index < -0.39 is 16.4 Å². The summed E-state index contributed by atoms with van der Waals surface area (Å²) in [5, 5.41) is 25.4. The molecule has 1 saturated heterocycles. The van der Waals surface area contributed by atoms with Gasteiger partial charge in [-0.15, -0.1) is 0 Å². The van der Waals surface area contributed by atoms with E-state index >= 15 is 0 Å². The molecule has 0 bridgehead atoms. The number of hydrazone groups is 1. The van der Waals surface area contributed by atoms with Crippen LogP contribution in [0.2, 0.25) is 5.02 Å². The molecule has 7 nitrogen and oxygen atoms in total. The highest BCUT2D eigenvalue weighted by atomic mass is 35.5. The second kappa shape index (κ2) is 5.73. The van der Waals surface area contributed by atoms with Gasteiger partial charge in [-0.05, 0) is 6.07 Å². The number of thiocarbonyl (C=S) groups is 1. The van der Waals surface area contributed by atoms with Crippen LogP contribution >= 0.6 is 35.6 Å². The first-order valence-electron chi connectivity index (χ1n) is 5.10. The highest BCUT2D eigenvalue weighted by Gasteiger charge is 2.26. The van der Waals surface area contributed by atoms with Crippen LogP contribution in [0.5, 0.6) is 5.75 Å². The third-order valence-electron chi connectivity index (χ3n) is 2.32. The third kappa shape index (κ3) is 2.89. The van der Waals surface area contributed by atoms with Gasteiger partial charge in [0.1, 0.15) is 0 Å². The van der Waals surface area contributed by atoms with Crippen LogP contribution in [0.3, 0.4) is 0 Å². The van der Waals surface area contributed by atoms with Gasteiger partial charge in [-0.3, -0.25) is 14.9 Å². The molecule has 0 spiro atoms. The number of amides is 1. The van der Waals surface area contributed by atoms with Crippen molar-refractivity contribution in [1.29, 1.82) is 0 Å². The van der Waals surface area contributed by atoms with Gasteiger partial charge in [0.25, 0.3) is 5.91 Å². The zero-order valence-electron chi connectivity index (χ0n) is 9.65. The van der Waals surface area contributed by atoms with Crippen molar-refractivity contribution in [3.8, 4) is 5.75 Å². The van der Waals surface area contributed by atoms with E-state index in [0.29, 0.717) is 0 Å². The van der Waals surface area contributed by atoms with Crippen molar-refractivity contribution in [3.63, 3.8) is 0 Å². The Hall–Kier alpha value is -1.71. The summed E-state index contributed by atoms with van der Waals surface area (Å²) < 4.78 is 0.280. The quantitative estimate of drug-likeness (QED) is 0.394. The molecule has 0 radical (unpaired) electrons. The van der Waals surface area contributed by atoms with E-state index in [0.717, 1.165) is 29.1 Å². The van der Waals surface area contributed by atoms with E-state index in [1.807, 2.05) is 0 Å². The molecule has 1 aliphatic heterocycles. The summed E-state index contributed by atoms with van der Waals surface area (Å²) in [6, 6.07) is 2.32. The minimum absolute atomic E-state index is 0.0247. The van der Waals surface area contributed by atoms with Crippen molar-refractivity contribution in [2.24, 2.45) is 5.10 Å². The lowest BCUT2D eigenvalue weighted by Crippen LogP contribution is -2.22. The summed E-state index contributed by atoms with van der Waals surface area (Å²) in [6.45, 7) is 0. The van der Waals surface area contributed by atoms with Gasteiger partial charge in [0, 0.05) is 16.7 Å². The maximum Gasteiger partial charge on any atom is 0.312 e. The Kier molecular flexibility index (Phi) is 4.21. The van der Waals surface area contributed by atoms with Crippen LogP contribution in [0.4, 0.5) is 5.69 Å². The van der Waals surface area contributed by atoms with E-state index in [4.69, 9.17) is 23.8 Å². The first kappa shape index (κ1) is 14.7. The fraction of sp³-hybridized carbons (Fsp3) is 0.100. The van der Waals surface area contributed by atoms with Gasteiger partial charge >= 0.3 is 5.69 Å². The first-order chi connectivity index (χ1) is 9.40. The Balaban J connectivity index is 2.36. The van der Waals surface area contributed by atoms with Gasteiger partial charge in [0.2, 0.25) is 5.75 Å². The molecule has 20 heavy (non-hydrogen) atoms. The Labute approximate surface area is 127 Å². The summed E-state index contributed by atoms with van der Waals surface area (Å²) in [7, 11) is 0. The normalized spacial score (nSPS) is 15.3. The smallest absolute Gasteiger partial charge is 0.312 e. The van der Waals surface area contributed by atoms with E-state index in [9.17, 15) is 20.0 Å². The molecule has 0 saturated carbocycles. The van der Waals surface area contributed by atoms with Crippen LogP contribution in [0.25, 0.3) is 0 Å². The zero-order chi connectivity index (χ0) is 14.9. The number of thioether (sulfide) groups is 1. The minimum Gasteiger partial charge on any atom is -0.502 e. The Bertz CT molecular complexity index is 634. The molecule has 2 rings (SSSR count). The summed E-state index contributed by atoms with van der Waals surface area (Å²) in [5.41, 5.74) is -0.514. The number of hydrogen-bond donors (Lipinski definition) is 1. The molecule has 0 atom stereocenters. The van der Waals surface area contributed by atoms with Crippen molar-refractivity contribution in [1.82, 2.24) is 5.01 Å². The van der Waals surface area contributed by atoms with Crippen LogP contribution in [0.1, 0.15) is 5.56 Å². The van der Waals surface area contributed by atoms with Crippen molar-refractivity contribution >= 4 is 57.7 Å². The van der Waals surface area contributed by atoms with Crippen molar-refractivity contribution in [3.05, 3.63) is 32.8 Å². The molecule has 1 aliphatic rings. The van der Waals surface area contributed by atoms with Crippen molar-refractivity contribution < 1.29 is 14.8 Å². The maximum atomic E-state index is 11.4. The second-order valence-corrected chi connectivity index (χ2v) is 5.67. The number of aromatic hydroxyl groups is 1. The number of benzene rings is 1. The highest BCUT2D eigenvalue weighted by molar-refractivity contribution is 8.23. The lowest BCUT2D eigenvalue weighted by Gasteiger charge is -2.07. The van der Waals surface area contributed by atoms with Crippen LogP contribution in [0.15, 0.2) is 17.2 Å². The Morgan fingerprint density at radius 1 is 1.60 bits per heavy atom. The zero-order valence-corrected chi connectivity index (χ0v) is 12.0. The number of rotatable bonds is 3. The first-order valence-corrected chi connectivity index (χ1v) is 6.88. The third-order valence-corrected chi connectivity index (χ3v) is 3.88. The molecule has 1 fully saturated rings. The maximum absolute atomic E-state index is 11.4. The molecule has 1 aromatic carbocycles. The number of hydrogen-bond acceptors (Lipinski definition) is 7. The predicted molar refractivity (Wildman–Crippen MR) is 79.3 cm³/mol. The largest absolute Gasteiger partial charge is 0.502 e. The molecular weight excluding hydrogens is 326 g/mol. The molecule has 0 unspecified atom stereocenters. The van der Waals surface area contributed by atoms with Gasteiger partial charge in [-0.2, -0.15) is 10.1 Å². The fourth-order valence-corrected chi connectivity index (χ4v) is 2.61. The monoisotopic (exact) mass is 331 g/mol. The molecule has 1 N–H and O–H groups in total. The number of halogens is 1. The van der Waals surface area contributed by atoms with Crippen LogP contribution in [-0.4, -0.2) is 37.2 Å². The molecule has 1 amide bonds. The second-order valence-electron chi connectivity index (χ2n) is 3.62. The van der Waals surface area contributed by atoms with E-state index in [1.165, 1.54) is 6.07 Å². The molecule has 104 valence electrons.